The second-order valence-electron chi connectivity index (χ2n) is 7.84. The number of hydrogen-bond donors (Lipinski definition) is 1. The van der Waals surface area contributed by atoms with Crippen molar-refractivity contribution >= 4 is 12.9 Å². The average molecular weight is 357 g/mol. The number of aliphatic hydroxyl groups is 1. The van der Waals surface area contributed by atoms with E-state index in [4.69, 9.17) is 4.65 Å². The molecule has 0 amide bonds. The van der Waals surface area contributed by atoms with Gasteiger partial charge in [-0.15, -0.1) is 0 Å². The lowest BCUT2D eigenvalue weighted by Gasteiger charge is -2.37. The van der Waals surface area contributed by atoms with Gasteiger partial charge in [0.05, 0.1) is 11.2 Å². The SMILES string of the molecule is CC(C)(O)C(C)(C)O[B]c1cc(-c2ccccc2)ccc1-c1ccccc1. The Morgan fingerprint density at radius 1 is 0.704 bits per heavy atom. The Labute approximate surface area is 163 Å². The van der Waals surface area contributed by atoms with E-state index in [0.717, 1.165) is 27.7 Å². The van der Waals surface area contributed by atoms with Gasteiger partial charge >= 0.3 is 7.48 Å². The van der Waals surface area contributed by atoms with Crippen molar-refractivity contribution in [3.63, 3.8) is 0 Å². The van der Waals surface area contributed by atoms with E-state index in [2.05, 4.69) is 42.5 Å². The molecule has 0 bridgehead atoms. The minimum atomic E-state index is -0.965. The molecule has 0 heterocycles. The van der Waals surface area contributed by atoms with E-state index < -0.39 is 11.2 Å². The van der Waals surface area contributed by atoms with Crippen LogP contribution in [-0.2, 0) is 4.65 Å². The minimum absolute atomic E-state index is 0.719. The van der Waals surface area contributed by atoms with Gasteiger partial charge in [0.1, 0.15) is 0 Å². The van der Waals surface area contributed by atoms with Crippen molar-refractivity contribution in [1.29, 1.82) is 0 Å². The average Bonchev–Trinajstić information content (AvgIpc) is 2.67. The number of benzene rings is 3. The van der Waals surface area contributed by atoms with Crippen LogP contribution in [0, 0.1) is 0 Å². The summed E-state index contributed by atoms with van der Waals surface area (Å²) in [7, 11) is 1.77. The summed E-state index contributed by atoms with van der Waals surface area (Å²) in [5, 5.41) is 10.4. The van der Waals surface area contributed by atoms with Gasteiger partial charge in [-0.05, 0) is 55.4 Å². The van der Waals surface area contributed by atoms with Gasteiger partial charge in [-0.25, -0.2) is 0 Å². The summed E-state index contributed by atoms with van der Waals surface area (Å²) in [4.78, 5) is 0. The van der Waals surface area contributed by atoms with E-state index in [9.17, 15) is 5.11 Å². The number of hydrogen-bond acceptors (Lipinski definition) is 2. The fourth-order valence-electron chi connectivity index (χ4n) is 2.71. The maximum absolute atomic E-state index is 10.4. The summed E-state index contributed by atoms with van der Waals surface area (Å²) in [5.41, 5.74) is 3.83. The molecule has 1 N–H and O–H groups in total. The van der Waals surface area contributed by atoms with Crippen LogP contribution in [0.25, 0.3) is 22.3 Å². The molecule has 3 aromatic carbocycles. The zero-order chi connectivity index (χ0) is 19.5. The van der Waals surface area contributed by atoms with Crippen LogP contribution in [-0.4, -0.2) is 23.8 Å². The predicted octanol–water partition coefficient (Wildman–Crippen LogP) is 4.83. The van der Waals surface area contributed by atoms with Gasteiger partial charge < -0.3 is 9.76 Å². The Morgan fingerprint density at radius 3 is 1.81 bits per heavy atom. The molecule has 0 aliphatic carbocycles. The molecular weight excluding hydrogens is 331 g/mol. The van der Waals surface area contributed by atoms with Crippen LogP contribution in [0.4, 0.5) is 0 Å². The van der Waals surface area contributed by atoms with Crippen LogP contribution >= 0.6 is 0 Å². The highest BCUT2D eigenvalue weighted by atomic mass is 16.5. The van der Waals surface area contributed by atoms with Gasteiger partial charge in [0.15, 0.2) is 0 Å². The molecule has 2 nitrogen and oxygen atoms in total. The van der Waals surface area contributed by atoms with E-state index in [1.807, 2.05) is 50.2 Å². The molecule has 3 aromatic rings. The summed E-state index contributed by atoms with van der Waals surface area (Å²) in [6.07, 6.45) is 0. The Kier molecular flexibility index (Phi) is 5.55. The van der Waals surface area contributed by atoms with Gasteiger partial charge in [0.2, 0.25) is 0 Å². The fourth-order valence-corrected chi connectivity index (χ4v) is 2.71. The Hall–Kier alpha value is -2.36. The highest BCUT2D eigenvalue weighted by Crippen LogP contribution is 2.26. The molecule has 0 unspecified atom stereocenters. The second-order valence-corrected chi connectivity index (χ2v) is 7.84. The van der Waals surface area contributed by atoms with E-state index in [1.165, 1.54) is 0 Å². The van der Waals surface area contributed by atoms with Gasteiger partial charge in [0, 0.05) is 0 Å². The topological polar surface area (TPSA) is 29.5 Å². The van der Waals surface area contributed by atoms with Crippen molar-refractivity contribution in [2.45, 2.75) is 38.9 Å². The molecule has 0 aromatic heterocycles. The molecule has 0 saturated heterocycles. The first-order valence-corrected chi connectivity index (χ1v) is 9.26. The van der Waals surface area contributed by atoms with Crippen molar-refractivity contribution in [2.24, 2.45) is 0 Å². The summed E-state index contributed by atoms with van der Waals surface area (Å²) in [6, 6.07) is 27.0. The summed E-state index contributed by atoms with van der Waals surface area (Å²) in [5.74, 6) is 0. The number of rotatable bonds is 6. The third-order valence-electron chi connectivity index (χ3n) is 5.20. The van der Waals surface area contributed by atoms with Crippen LogP contribution in [0.5, 0.6) is 0 Å². The summed E-state index contributed by atoms with van der Waals surface area (Å²) >= 11 is 0. The van der Waals surface area contributed by atoms with E-state index >= 15 is 0 Å². The quantitative estimate of drug-likeness (QED) is 0.640. The lowest BCUT2D eigenvalue weighted by molar-refractivity contribution is -0.0893. The molecule has 3 heteroatoms. The molecule has 0 saturated carbocycles. The van der Waals surface area contributed by atoms with Crippen molar-refractivity contribution in [3.05, 3.63) is 78.9 Å². The van der Waals surface area contributed by atoms with Gasteiger partial charge in [0.25, 0.3) is 0 Å². The third kappa shape index (κ3) is 4.49. The summed E-state index contributed by atoms with van der Waals surface area (Å²) in [6.45, 7) is 7.32. The Bertz CT molecular complexity index is 881. The van der Waals surface area contributed by atoms with Crippen molar-refractivity contribution in [3.8, 4) is 22.3 Å². The molecule has 137 valence electrons. The van der Waals surface area contributed by atoms with Crippen molar-refractivity contribution < 1.29 is 9.76 Å². The van der Waals surface area contributed by atoms with Crippen molar-refractivity contribution in [2.75, 3.05) is 0 Å². The molecule has 0 aliphatic heterocycles. The molecule has 27 heavy (non-hydrogen) atoms. The monoisotopic (exact) mass is 357 g/mol. The molecule has 0 spiro atoms. The zero-order valence-corrected chi connectivity index (χ0v) is 16.4. The standard InChI is InChI=1S/C24H26BO2/c1-23(2,26)24(3,4)27-25-22-17-20(18-11-7-5-8-12-18)15-16-21(22)19-13-9-6-10-14-19/h5-17,26H,1-4H3. The van der Waals surface area contributed by atoms with E-state index in [1.54, 1.807) is 21.3 Å². The molecule has 0 aliphatic rings. The molecular formula is C24H26BO2. The smallest absolute Gasteiger partial charge is 0.331 e. The first-order valence-electron chi connectivity index (χ1n) is 9.26. The molecule has 1 radical (unpaired) electrons. The first-order chi connectivity index (χ1) is 12.8. The minimum Gasteiger partial charge on any atom is -0.427 e. The van der Waals surface area contributed by atoms with Crippen LogP contribution in [0.3, 0.4) is 0 Å². The lowest BCUT2D eigenvalue weighted by Crippen LogP contribution is -2.49. The maximum Gasteiger partial charge on any atom is 0.331 e. The highest BCUT2D eigenvalue weighted by molar-refractivity contribution is 6.49. The Morgan fingerprint density at radius 2 is 1.26 bits per heavy atom. The van der Waals surface area contributed by atoms with Crippen LogP contribution < -0.4 is 5.46 Å². The van der Waals surface area contributed by atoms with Crippen LogP contribution in [0.1, 0.15) is 27.7 Å². The largest absolute Gasteiger partial charge is 0.427 e. The normalized spacial score (nSPS) is 12.0. The first kappa shape index (κ1) is 19.4. The third-order valence-corrected chi connectivity index (χ3v) is 5.20. The van der Waals surface area contributed by atoms with Gasteiger partial charge in [-0.2, -0.15) is 0 Å². The van der Waals surface area contributed by atoms with Crippen LogP contribution in [0.15, 0.2) is 78.9 Å². The van der Waals surface area contributed by atoms with Crippen molar-refractivity contribution in [1.82, 2.24) is 0 Å². The highest BCUT2D eigenvalue weighted by Gasteiger charge is 2.35. The second kappa shape index (κ2) is 7.71. The zero-order valence-electron chi connectivity index (χ0n) is 16.4. The molecule has 0 atom stereocenters. The molecule has 3 rings (SSSR count). The summed E-state index contributed by atoms with van der Waals surface area (Å²) < 4.78 is 6.06. The van der Waals surface area contributed by atoms with E-state index in [0.29, 0.717) is 0 Å². The fraction of sp³-hybridized carbons (Fsp3) is 0.250. The van der Waals surface area contributed by atoms with Gasteiger partial charge in [-0.3, -0.25) is 0 Å². The van der Waals surface area contributed by atoms with Gasteiger partial charge in [-0.1, -0.05) is 78.9 Å². The Balaban J connectivity index is 2.00. The predicted molar refractivity (Wildman–Crippen MR) is 114 cm³/mol. The lowest BCUT2D eigenvalue weighted by atomic mass is 9.77. The van der Waals surface area contributed by atoms with Crippen LogP contribution in [0.2, 0.25) is 0 Å². The van der Waals surface area contributed by atoms with E-state index in [-0.39, 0.29) is 0 Å². The maximum atomic E-state index is 10.4. The molecule has 0 fully saturated rings.